The van der Waals surface area contributed by atoms with Crippen LogP contribution in [-0.2, 0) is 6.54 Å². The summed E-state index contributed by atoms with van der Waals surface area (Å²) in [5.74, 6) is -0.0707. The first kappa shape index (κ1) is 18.7. The highest BCUT2D eigenvalue weighted by molar-refractivity contribution is 6.08. The molecule has 8 nitrogen and oxygen atoms in total. The maximum atomic E-state index is 13.3. The van der Waals surface area contributed by atoms with Crippen LogP contribution < -0.4 is 20.3 Å². The molecule has 31 heavy (non-hydrogen) atoms. The first-order valence-electron chi connectivity index (χ1n) is 9.57. The molecule has 5 rings (SSSR count). The molecule has 0 atom stereocenters. The Morgan fingerprint density at radius 2 is 1.87 bits per heavy atom. The van der Waals surface area contributed by atoms with Crippen molar-refractivity contribution in [3.63, 3.8) is 0 Å². The van der Waals surface area contributed by atoms with Gasteiger partial charge in [-0.15, -0.1) is 0 Å². The molecule has 0 spiro atoms. The number of hydrogen-bond acceptors (Lipinski definition) is 6. The average molecular weight is 415 g/mol. The van der Waals surface area contributed by atoms with Crippen LogP contribution in [0.3, 0.4) is 0 Å². The van der Waals surface area contributed by atoms with Gasteiger partial charge < -0.3 is 19.9 Å². The van der Waals surface area contributed by atoms with Gasteiger partial charge in [-0.1, -0.05) is 30.3 Å². The molecule has 2 aromatic heterocycles. The van der Waals surface area contributed by atoms with Crippen molar-refractivity contribution in [1.29, 1.82) is 0 Å². The number of aromatic hydroxyl groups is 1. The Bertz CT molecular complexity index is 1370. The molecule has 2 N–H and O–H groups in total. The van der Waals surface area contributed by atoms with Crippen LogP contribution in [0.4, 0.5) is 5.69 Å². The first-order chi connectivity index (χ1) is 15.1. The molecular weight excluding hydrogens is 398 g/mol. The van der Waals surface area contributed by atoms with E-state index in [9.17, 15) is 14.7 Å². The minimum Gasteiger partial charge on any atom is -0.506 e. The zero-order valence-corrected chi connectivity index (χ0v) is 16.2. The van der Waals surface area contributed by atoms with Gasteiger partial charge in [-0.3, -0.25) is 14.2 Å². The van der Waals surface area contributed by atoms with E-state index in [1.807, 2.05) is 30.3 Å². The summed E-state index contributed by atoms with van der Waals surface area (Å²) in [5, 5.41) is 13.7. The topological polar surface area (TPSA) is 103 Å². The van der Waals surface area contributed by atoms with Crippen LogP contribution in [0.25, 0.3) is 11.0 Å². The number of nitrogens with zero attached hydrogens (tertiary/aromatic N) is 2. The molecule has 0 aliphatic carbocycles. The monoisotopic (exact) mass is 415 g/mol. The van der Waals surface area contributed by atoms with Crippen molar-refractivity contribution in [2.75, 3.05) is 12.1 Å². The Morgan fingerprint density at radius 1 is 1.06 bits per heavy atom. The van der Waals surface area contributed by atoms with E-state index in [2.05, 4.69) is 10.3 Å². The largest absolute Gasteiger partial charge is 0.506 e. The molecule has 0 fully saturated rings. The zero-order chi connectivity index (χ0) is 21.4. The van der Waals surface area contributed by atoms with Gasteiger partial charge in [-0.25, -0.2) is 4.98 Å². The summed E-state index contributed by atoms with van der Waals surface area (Å²) >= 11 is 0. The maximum absolute atomic E-state index is 13.3. The van der Waals surface area contributed by atoms with Gasteiger partial charge in [-0.2, -0.15) is 0 Å². The third kappa shape index (κ3) is 3.33. The number of anilines is 1. The summed E-state index contributed by atoms with van der Waals surface area (Å²) in [6.07, 6.45) is 1.54. The summed E-state index contributed by atoms with van der Waals surface area (Å²) in [6, 6.07) is 17.5. The van der Waals surface area contributed by atoms with Crippen LogP contribution in [0.2, 0.25) is 0 Å². The fourth-order valence-corrected chi connectivity index (χ4v) is 3.55. The Morgan fingerprint density at radius 3 is 2.71 bits per heavy atom. The molecule has 0 unspecified atom stereocenters. The highest BCUT2D eigenvalue weighted by Gasteiger charge is 2.24. The lowest BCUT2D eigenvalue weighted by Crippen LogP contribution is -2.30. The lowest BCUT2D eigenvalue weighted by molar-refractivity contribution is 0.102. The Labute approximate surface area is 176 Å². The number of benzene rings is 2. The molecule has 4 aromatic rings. The third-order valence-corrected chi connectivity index (χ3v) is 5.03. The van der Waals surface area contributed by atoms with Crippen LogP contribution in [0.5, 0.6) is 17.2 Å². The van der Waals surface area contributed by atoms with Crippen molar-refractivity contribution in [3.05, 3.63) is 88.3 Å². The highest BCUT2D eigenvalue weighted by Crippen LogP contribution is 2.34. The molecule has 1 amide bonds. The second-order valence-electron chi connectivity index (χ2n) is 7.00. The van der Waals surface area contributed by atoms with Crippen molar-refractivity contribution >= 4 is 22.6 Å². The van der Waals surface area contributed by atoms with Gasteiger partial charge in [-0.05, 0) is 29.8 Å². The van der Waals surface area contributed by atoms with E-state index >= 15 is 0 Å². The quantitative estimate of drug-likeness (QED) is 0.531. The number of rotatable bonds is 4. The fraction of sp³-hybridized carbons (Fsp3) is 0.0870. The molecule has 154 valence electrons. The second-order valence-corrected chi connectivity index (χ2v) is 7.00. The standard InChI is InChI=1S/C23H17N3O5/c27-20-16-7-4-10-24-21(16)26(12-14-5-2-1-3-6-14)23(29)19(20)22(28)25-15-8-9-17-18(11-15)31-13-30-17/h1-11,27H,12-13H2,(H,25,28). The van der Waals surface area contributed by atoms with E-state index in [4.69, 9.17) is 9.47 Å². The van der Waals surface area contributed by atoms with Crippen LogP contribution >= 0.6 is 0 Å². The van der Waals surface area contributed by atoms with Crippen molar-refractivity contribution in [2.24, 2.45) is 0 Å². The second kappa shape index (κ2) is 7.49. The van der Waals surface area contributed by atoms with E-state index < -0.39 is 17.2 Å². The highest BCUT2D eigenvalue weighted by atomic mass is 16.7. The summed E-state index contributed by atoms with van der Waals surface area (Å²) in [5.41, 5.74) is 0.590. The van der Waals surface area contributed by atoms with Crippen molar-refractivity contribution in [1.82, 2.24) is 9.55 Å². The number of nitrogens with one attached hydrogen (secondary N) is 1. The predicted octanol–water partition coefficient (Wildman–Crippen LogP) is 3.13. The molecule has 0 saturated heterocycles. The van der Waals surface area contributed by atoms with Gasteiger partial charge in [0.25, 0.3) is 11.5 Å². The first-order valence-corrected chi connectivity index (χ1v) is 9.57. The summed E-state index contributed by atoms with van der Waals surface area (Å²) in [7, 11) is 0. The zero-order valence-electron chi connectivity index (χ0n) is 16.2. The number of carbonyl (C=O) groups excluding carboxylic acids is 1. The third-order valence-electron chi connectivity index (χ3n) is 5.03. The fourth-order valence-electron chi connectivity index (χ4n) is 3.55. The minimum absolute atomic E-state index is 0.107. The van der Waals surface area contributed by atoms with Gasteiger partial charge >= 0.3 is 0 Å². The molecule has 2 aromatic carbocycles. The molecule has 0 saturated carbocycles. The van der Waals surface area contributed by atoms with Crippen LogP contribution in [-0.4, -0.2) is 27.4 Å². The Kier molecular flexibility index (Phi) is 4.51. The van der Waals surface area contributed by atoms with E-state index in [-0.39, 0.29) is 18.9 Å². The van der Waals surface area contributed by atoms with E-state index in [1.54, 1.807) is 30.3 Å². The number of hydrogen-bond donors (Lipinski definition) is 2. The van der Waals surface area contributed by atoms with Crippen molar-refractivity contribution in [2.45, 2.75) is 6.54 Å². The average Bonchev–Trinajstić information content (AvgIpc) is 3.25. The molecule has 0 bridgehead atoms. The van der Waals surface area contributed by atoms with Gasteiger partial charge in [0.1, 0.15) is 17.0 Å². The number of ether oxygens (including phenoxy) is 2. The predicted molar refractivity (Wildman–Crippen MR) is 114 cm³/mol. The lowest BCUT2D eigenvalue weighted by Gasteiger charge is -2.14. The minimum atomic E-state index is -0.728. The van der Waals surface area contributed by atoms with E-state index in [0.717, 1.165) is 5.56 Å². The normalized spacial score (nSPS) is 12.1. The Balaban J connectivity index is 1.59. The number of amides is 1. The van der Waals surface area contributed by atoms with Gasteiger partial charge in [0.2, 0.25) is 6.79 Å². The van der Waals surface area contributed by atoms with Crippen LogP contribution in [0.1, 0.15) is 15.9 Å². The van der Waals surface area contributed by atoms with Crippen LogP contribution in [0, 0.1) is 0 Å². The molecule has 3 heterocycles. The molecule has 1 aliphatic rings. The number of aromatic nitrogens is 2. The summed E-state index contributed by atoms with van der Waals surface area (Å²) < 4.78 is 12.0. The molecular formula is C23H17N3O5. The Hall–Kier alpha value is -4.33. The van der Waals surface area contributed by atoms with Gasteiger partial charge in [0.05, 0.1) is 11.9 Å². The summed E-state index contributed by atoms with van der Waals surface area (Å²) in [4.78, 5) is 30.6. The number of carbonyl (C=O) groups is 1. The molecule has 8 heteroatoms. The molecule has 0 radical (unpaired) electrons. The van der Waals surface area contributed by atoms with E-state index in [0.29, 0.717) is 28.2 Å². The lowest BCUT2D eigenvalue weighted by atomic mass is 10.1. The maximum Gasteiger partial charge on any atom is 0.269 e. The van der Waals surface area contributed by atoms with Crippen molar-refractivity contribution in [3.8, 4) is 17.2 Å². The number of fused-ring (bicyclic) bond motifs is 2. The van der Waals surface area contributed by atoms with E-state index in [1.165, 1.54) is 10.8 Å². The van der Waals surface area contributed by atoms with Crippen LogP contribution in [0.15, 0.2) is 71.7 Å². The molecule has 1 aliphatic heterocycles. The SMILES string of the molecule is O=C(Nc1ccc2c(c1)OCO2)c1c(O)c2cccnc2n(Cc2ccccc2)c1=O. The van der Waals surface area contributed by atoms with Gasteiger partial charge in [0.15, 0.2) is 11.5 Å². The number of pyridine rings is 2. The van der Waals surface area contributed by atoms with Gasteiger partial charge in [0, 0.05) is 18.0 Å². The van der Waals surface area contributed by atoms with Crippen molar-refractivity contribution < 1.29 is 19.4 Å². The summed E-state index contributed by atoms with van der Waals surface area (Å²) in [6.45, 7) is 0.313. The smallest absolute Gasteiger partial charge is 0.269 e.